The van der Waals surface area contributed by atoms with Crippen molar-refractivity contribution in [3.05, 3.63) is 102 Å². The van der Waals surface area contributed by atoms with Crippen molar-refractivity contribution in [3.63, 3.8) is 0 Å². The quantitative estimate of drug-likeness (QED) is 0.183. The molecule has 2 aromatic heterocycles. The molecule has 0 radical (unpaired) electrons. The minimum absolute atomic E-state index is 0.270. The Bertz CT molecular complexity index is 1880. The molecule has 1 amide bonds. The summed E-state index contributed by atoms with van der Waals surface area (Å²) < 4.78 is 17.8. The van der Waals surface area contributed by atoms with E-state index in [0.717, 1.165) is 61.1 Å². The number of nitrogens with zero attached hydrogens (tertiary/aromatic N) is 4. The van der Waals surface area contributed by atoms with Gasteiger partial charge in [0.15, 0.2) is 0 Å². The number of amides is 1. The topological polar surface area (TPSA) is 92.4 Å². The van der Waals surface area contributed by atoms with Crippen LogP contribution in [0.5, 0.6) is 0 Å². The van der Waals surface area contributed by atoms with Crippen LogP contribution in [0.3, 0.4) is 0 Å². The number of benzene rings is 3. The highest BCUT2D eigenvalue weighted by Crippen LogP contribution is 2.32. The van der Waals surface area contributed by atoms with E-state index >= 15 is 0 Å². The lowest BCUT2D eigenvalue weighted by atomic mass is 9.93. The van der Waals surface area contributed by atoms with E-state index in [1.54, 1.807) is 30.5 Å². The molecule has 6 rings (SSSR count). The molecule has 46 heavy (non-hydrogen) atoms. The molecule has 0 aliphatic carbocycles. The Morgan fingerprint density at radius 3 is 2.35 bits per heavy atom. The Labute approximate surface area is 268 Å². The molecule has 0 saturated carbocycles. The van der Waals surface area contributed by atoms with Gasteiger partial charge in [0, 0.05) is 48.2 Å². The molecule has 0 bridgehead atoms. The highest BCUT2D eigenvalue weighted by atomic mass is 19.1. The van der Waals surface area contributed by atoms with Gasteiger partial charge in [-0.3, -0.25) is 9.48 Å². The number of carbonyl (C=O) groups excluding carboxylic acids is 1. The number of carbonyl (C=O) groups is 2. The fourth-order valence-corrected chi connectivity index (χ4v) is 6.46. The van der Waals surface area contributed by atoms with Gasteiger partial charge in [0.1, 0.15) is 5.82 Å². The summed E-state index contributed by atoms with van der Waals surface area (Å²) >= 11 is 0. The largest absolute Gasteiger partial charge is 0.478 e. The standard InChI is InChI=1S/C37H40FN5O3/c1-24-23-42(20-17-25-15-18-41(19-16-25)30-12-7-27(8-13-30)36(45)46)33-21-29(11-14-31(24)33)40-35(44)32-22-39-43(37(2,3)4)34(32)26-5-9-28(38)10-6-26/h5-14,21-23,25H,15-20H2,1-4H3,(H,40,44)(H,45,46). The number of halogens is 1. The smallest absolute Gasteiger partial charge is 0.335 e. The van der Waals surface area contributed by atoms with E-state index in [2.05, 4.69) is 39.1 Å². The second-order valence-corrected chi connectivity index (χ2v) is 13.3. The van der Waals surface area contributed by atoms with Gasteiger partial charge < -0.3 is 19.9 Å². The highest BCUT2D eigenvalue weighted by Gasteiger charge is 2.26. The molecule has 1 aliphatic heterocycles. The Balaban J connectivity index is 1.15. The van der Waals surface area contributed by atoms with E-state index in [4.69, 9.17) is 0 Å². The molecule has 238 valence electrons. The van der Waals surface area contributed by atoms with Crippen molar-refractivity contribution in [1.82, 2.24) is 14.3 Å². The molecule has 1 saturated heterocycles. The molecule has 5 aromatic rings. The molecule has 0 spiro atoms. The Hall–Kier alpha value is -4.92. The minimum atomic E-state index is -0.906. The summed E-state index contributed by atoms with van der Waals surface area (Å²) in [6.07, 6.45) is 6.99. The Morgan fingerprint density at radius 1 is 1.00 bits per heavy atom. The lowest BCUT2D eigenvalue weighted by molar-refractivity contribution is 0.0696. The number of fused-ring (bicyclic) bond motifs is 1. The van der Waals surface area contributed by atoms with Gasteiger partial charge in [-0.25, -0.2) is 9.18 Å². The third-order valence-electron chi connectivity index (χ3n) is 8.98. The first-order valence-electron chi connectivity index (χ1n) is 15.8. The summed E-state index contributed by atoms with van der Waals surface area (Å²) in [5.41, 5.74) is 5.76. The number of anilines is 2. The number of carboxylic acids is 1. The van der Waals surface area contributed by atoms with E-state index in [1.165, 1.54) is 17.7 Å². The van der Waals surface area contributed by atoms with Gasteiger partial charge in [0.05, 0.1) is 34.1 Å². The van der Waals surface area contributed by atoms with E-state index in [1.807, 2.05) is 49.7 Å². The summed E-state index contributed by atoms with van der Waals surface area (Å²) in [7, 11) is 0. The summed E-state index contributed by atoms with van der Waals surface area (Å²) in [5.74, 6) is -0.914. The summed E-state index contributed by atoms with van der Waals surface area (Å²) in [6, 6.07) is 19.3. The van der Waals surface area contributed by atoms with Crippen LogP contribution >= 0.6 is 0 Å². The summed E-state index contributed by atoms with van der Waals surface area (Å²) in [4.78, 5) is 27.2. The number of aromatic nitrogens is 3. The number of rotatable bonds is 8. The zero-order valence-corrected chi connectivity index (χ0v) is 26.8. The molecule has 1 fully saturated rings. The summed E-state index contributed by atoms with van der Waals surface area (Å²) in [5, 5.41) is 18.0. The lowest BCUT2D eigenvalue weighted by Crippen LogP contribution is -2.33. The number of aromatic carboxylic acids is 1. The minimum Gasteiger partial charge on any atom is -0.478 e. The van der Waals surface area contributed by atoms with E-state index in [-0.39, 0.29) is 17.3 Å². The molecule has 0 atom stereocenters. The highest BCUT2D eigenvalue weighted by molar-refractivity contribution is 6.08. The van der Waals surface area contributed by atoms with Crippen molar-refractivity contribution < 1.29 is 19.1 Å². The van der Waals surface area contributed by atoms with Crippen LogP contribution in [0.1, 0.15) is 66.3 Å². The first-order valence-corrected chi connectivity index (χ1v) is 15.8. The fourth-order valence-electron chi connectivity index (χ4n) is 6.46. The van der Waals surface area contributed by atoms with Crippen LogP contribution in [0.2, 0.25) is 0 Å². The molecule has 0 unspecified atom stereocenters. The molecule has 3 aromatic carbocycles. The maximum Gasteiger partial charge on any atom is 0.335 e. The average molecular weight is 622 g/mol. The predicted molar refractivity (Wildman–Crippen MR) is 180 cm³/mol. The zero-order chi connectivity index (χ0) is 32.6. The lowest BCUT2D eigenvalue weighted by Gasteiger charge is -2.33. The van der Waals surface area contributed by atoms with Crippen LogP contribution in [0, 0.1) is 18.7 Å². The average Bonchev–Trinajstić information content (AvgIpc) is 3.62. The zero-order valence-electron chi connectivity index (χ0n) is 26.8. The third-order valence-corrected chi connectivity index (χ3v) is 8.98. The van der Waals surface area contributed by atoms with Crippen LogP contribution in [0.25, 0.3) is 22.2 Å². The van der Waals surface area contributed by atoms with Gasteiger partial charge in [0.2, 0.25) is 0 Å². The van der Waals surface area contributed by atoms with Gasteiger partial charge in [-0.2, -0.15) is 5.10 Å². The van der Waals surface area contributed by atoms with E-state index in [9.17, 15) is 19.1 Å². The maximum atomic E-state index is 13.7. The molecule has 3 heterocycles. The van der Waals surface area contributed by atoms with Gasteiger partial charge in [-0.1, -0.05) is 6.07 Å². The molecule has 1 aliphatic rings. The first kappa shape index (κ1) is 31.1. The van der Waals surface area contributed by atoms with Crippen molar-refractivity contribution in [2.24, 2.45) is 5.92 Å². The number of carboxylic acid groups (broad SMARTS) is 1. The van der Waals surface area contributed by atoms with E-state index in [0.29, 0.717) is 28.4 Å². The normalized spacial score (nSPS) is 14.2. The number of aryl methyl sites for hydroxylation is 2. The van der Waals surface area contributed by atoms with Crippen LogP contribution < -0.4 is 10.2 Å². The SMILES string of the molecule is Cc1cn(CCC2CCN(c3ccc(C(=O)O)cc3)CC2)c2cc(NC(=O)c3cnn(C(C)(C)C)c3-c3ccc(F)cc3)ccc12. The Morgan fingerprint density at radius 2 is 1.70 bits per heavy atom. The molecular formula is C37H40FN5O3. The van der Waals surface area contributed by atoms with Crippen molar-refractivity contribution in [2.75, 3.05) is 23.3 Å². The first-order chi connectivity index (χ1) is 22.0. The van der Waals surface area contributed by atoms with Crippen molar-refractivity contribution in [2.45, 2.75) is 59.0 Å². The van der Waals surface area contributed by atoms with Gasteiger partial charge in [0.25, 0.3) is 5.91 Å². The monoisotopic (exact) mass is 621 g/mol. The number of nitrogens with one attached hydrogen (secondary N) is 1. The van der Waals surface area contributed by atoms with Crippen LogP contribution in [0.15, 0.2) is 79.1 Å². The molecular weight excluding hydrogens is 581 g/mol. The molecule has 8 nitrogen and oxygen atoms in total. The maximum absolute atomic E-state index is 13.7. The molecule has 2 N–H and O–H groups in total. The summed E-state index contributed by atoms with van der Waals surface area (Å²) in [6.45, 7) is 10.9. The van der Waals surface area contributed by atoms with Gasteiger partial charge in [-0.05, 0) is 119 Å². The third kappa shape index (κ3) is 6.40. The van der Waals surface area contributed by atoms with E-state index < -0.39 is 5.97 Å². The van der Waals surface area contributed by atoms with Crippen LogP contribution in [-0.2, 0) is 12.1 Å². The fraction of sp³-hybridized carbons (Fsp3) is 0.324. The van der Waals surface area contributed by atoms with Crippen molar-refractivity contribution in [3.8, 4) is 11.3 Å². The van der Waals surface area contributed by atoms with Crippen molar-refractivity contribution in [1.29, 1.82) is 0 Å². The van der Waals surface area contributed by atoms with Gasteiger partial charge in [-0.15, -0.1) is 0 Å². The van der Waals surface area contributed by atoms with Gasteiger partial charge >= 0.3 is 5.97 Å². The number of piperidine rings is 1. The second-order valence-electron chi connectivity index (χ2n) is 13.3. The molecule has 9 heteroatoms. The van der Waals surface area contributed by atoms with Crippen LogP contribution in [-0.4, -0.2) is 44.4 Å². The van der Waals surface area contributed by atoms with Crippen molar-refractivity contribution >= 4 is 34.2 Å². The van der Waals surface area contributed by atoms with Crippen LogP contribution in [0.4, 0.5) is 15.8 Å². The second kappa shape index (κ2) is 12.5. The number of hydrogen-bond donors (Lipinski definition) is 2. The number of hydrogen-bond acceptors (Lipinski definition) is 4. The Kier molecular flexibility index (Phi) is 8.42. The predicted octanol–water partition coefficient (Wildman–Crippen LogP) is 7.96.